The van der Waals surface area contributed by atoms with E-state index in [9.17, 15) is 13.6 Å². The molecule has 136 valence electrons. The number of carbonyl (C=O) groups is 1. The first-order valence-corrected chi connectivity index (χ1v) is 8.70. The van der Waals surface area contributed by atoms with E-state index in [1.807, 2.05) is 0 Å². The average molecular weight is 400 g/mol. The molecule has 0 radical (unpaired) electrons. The molecule has 0 fully saturated rings. The van der Waals surface area contributed by atoms with Crippen LogP contribution in [-0.2, 0) is 11.2 Å². The van der Waals surface area contributed by atoms with Crippen LogP contribution < -0.4 is 5.32 Å². The van der Waals surface area contributed by atoms with E-state index in [0.29, 0.717) is 40.9 Å². The number of hydrogen-bond acceptors (Lipinski definition) is 7. The van der Waals surface area contributed by atoms with Crippen molar-refractivity contribution in [2.24, 2.45) is 0 Å². The van der Waals surface area contributed by atoms with Gasteiger partial charge in [-0.2, -0.15) is 4.98 Å². The molecule has 0 aliphatic rings. The van der Waals surface area contributed by atoms with Gasteiger partial charge in [-0.3, -0.25) is 4.79 Å². The zero-order valence-electron chi connectivity index (χ0n) is 13.2. The van der Waals surface area contributed by atoms with Crippen molar-refractivity contribution >= 4 is 34.0 Å². The van der Waals surface area contributed by atoms with Gasteiger partial charge in [0.15, 0.2) is 5.01 Å². The first-order chi connectivity index (χ1) is 12.5. The van der Waals surface area contributed by atoms with E-state index in [1.54, 1.807) is 24.3 Å². The van der Waals surface area contributed by atoms with Crippen molar-refractivity contribution in [2.75, 3.05) is 5.32 Å². The highest BCUT2D eigenvalue weighted by molar-refractivity contribution is 7.15. The molecule has 0 aliphatic carbocycles. The molecule has 2 aromatic heterocycles. The van der Waals surface area contributed by atoms with Gasteiger partial charge in [-0.25, -0.2) is 8.78 Å². The van der Waals surface area contributed by atoms with Crippen molar-refractivity contribution in [2.45, 2.75) is 25.7 Å². The number of carbonyl (C=O) groups excluding carboxylic acids is 1. The molecular weight excluding hydrogens is 388 g/mol. The summed E-state index contributed by atoms with van der Waals surface area (Å²) in [6, 6.07) is 7.01. The first kappa shape index (κ1) is 18.3. The van der Waals surface area contributed by atoms with Crippen molar-refractivity contribution in [3.8, 4) is 11.4 Å². The lowest BCUT2D eigenvalue weighted by molar-refractivity contribution is -0.116. The molecule has 0 bridgehead atoms. The molecule has 0 saturated heterocycles. The molecule has 3 aromatic rings. The lowest BCUT2D eigenvalue weighted by atomic mass is 10.2. The highest BCUT2D eigenvalue weighted by Crippen LogP contribution is 2.25. The Labute approximate surface area is 155 Å². The van der Waals surface area contributed by atoms with Gasteiger partial charge in [0.1, 0.15) is 0 Å². The van der Waals surface area contributed by atoms with Gasteiger partial charge in [0.2, 0.25) is 22.8 Å². The average Bonchev–Trinajstić information content (AvgIpc) is 3.25. The third-order valence-electron chi connectivity index (χ3n) is 3.24. The van der Waals surface area contributed by atoms with Gasteiger partial charge in [-0.1, -0.05) is 28.1 Å². The fourth-order valence-corrected chi connectivity index (χ4v) is 2.77. The molecule has 7 nitrogen and oxygen atoms in total. The Balaban J connectivity index is 1.47. The van der Waals surface area contributed by atoms with Gasteiger partial charge in [0.05, 0.1) is 0 Å². The zero-order chi connectivity index (χ0) is 18.5. The topological polar surface area (TPSA) is 93.8 Å². The zero-order valence-corrected chi connectivity index (χ0v) is 14.7. The second-order valence-electron chi connectivity index (χ2n) is 5.17. The summed E-state index contributed by atoms with van der Waals surface area (Å²) in [5, 5.41) is 13.3. The SMILES string of the molecule is O=C(CCCc1nc(-c2ccc(Cl)cc2)no1)Nc1nnc(C(F)F)s1. The normalized spacial score (nSPS) is 11.1. The summed E-state index contributed by atoms with van der Waals surface area (Å²) in [6.45, 7) is 0. The van der Waals surface area contributed by atoms with Gasteiger partial charge in [0, 0.05) is 23.4 Å². The van der Waals surface area contributed by atoms with Crippen molar-refractivity contribution in [1.82, 2.24) is 20.3 Å². The molecule has 0 atom stereocenters. The standard InChI is InChI=1S/C15H12ClF2N5O2S/c16-9-6-4-8(5-7-9)13-20-11(25-23-13)3-1-2-10(24)19-15-22-21-14(26-15)12(17)18/h4-7,12H,1-3H2,(H,19,22,24). The van der Waals surface area contributed by atoms with E-state index < -0.39 is 11.4 Å². The number of anilines is 1. The minimum Gasteiger partial charge on any atom is -0.339 e. The fourth-order valence-electron chi connectivity index (χ4n) is 2.03. The maximum absolute atomic E-state index is 12.4. The van der Waals surface area contributed by atoms with Gasteiger partial charge in [-0.05, 0) is 30.7 Å². The quantitative estimate of drug-likeness (QED) is 0.641. The van der Waals surface area contributed by atoms with Gasteiger partial charge >= 0.3 is 0 Å². The Hall–Kier alpha value is -2.46. The van der Waals surface area contributed by atoms with Crippen molar-refractivity contribution in [1.29, 1.82) is 0 Å². The maximum atomic E-state index is 12.4. The number of amides is 1. The molecule has 1 N–H and O–H groups in total. The van der Waals surface area contributed by atoms with Crippen LogP contribution in [0.25, 0.3) is 11.4 Å². The van der Waals surface area contributed by atoms with Crippen LogP contribution in [0.2, 0.25) is 5.02 Å². The van der Waals surface area contributed by atoms with Gasteiger partial charge < -0.3 is 9.84 Å². The third kappa shape index (κ3) is 4.79. The van der Waals surface area contributed by atoms with Crippen molar-refractivity contribution < 1.29 is 18.1 Å². The second kappa shape index (κ2) is 8.28. The Morgan fingerprint density at radius 2 is 2.04 bits per heavy atom. The van der Waals surface area contributed by atoms with E-state index in [0.717, 1.165) is 5.56 Å². The number of nitrogens with zero attached hydrogens (tertiary/aromatic N) is 4. The molecule has 1 amide bonds. The van der Waals surface area contributed by atoms with Crippen LogP contribution in [0.4, 0.5) is 13.9 Å². The molecule has 3 rings (SSSR count). The molecule has 0 unspecified atom stereocenters. The van der Waals surface area contributed by atoms with E-state index in [1.165, 1.54) is 0 Å². The summed E-state index contributed by atoms with van der Waals surface area (Å²) in [5.74, 6) is 0.493. The van der Waals surface area contributed by atoms with E-state index in [-0.39, 0.29) is 17.5 Å². The number of halogens is 3. The first-order valence-electron chi connectivity index (χ1n) is 7.51. The number of benzene rings is 1. The van der Waals surface area contributed by atoms with Crippen LogP contribution >= 0.6 is 22.9 Å². The Bertz CT molecular complexity index is 884. The third-order valence-corrected chi connectivity index (χ3v) is 4.34. The summed E-state index contributed by atoms with van der Waals surface area (Å²) >= 11 is 6.48. The Morgan fingerprint density at radius 1 is 1.27 bits per heavy atom. The lowest BCUT2D eigenvalue weighted by Crippen LogP contribution is -2.11. The van der Waals surface area contributed by atoms with Crippen LogP contribution in [0.3, 0.4) is 0 Å². The van der Waals surface area contributed by atoms with Gasteiger partial charge in [0.25, 0.3) is 6.43 Å². The minimum atomic E-state index is -2.70. The Kier molecular flexibility index (Phi) is 5.84. The molecule has 26 heavy (non-hydrogen) atoms. The minimum absolute atomic E-state index is 0.0492. The summed E-state index contributed by atoms with van der Waals surface area (Å²) in [7, 11) is 0. The monoisotopic (exact) mass is 399 g/mol. The number of alkyl halides is 2. The van der Waals surface area contributed by atoms with Crippen LogP contribution in [0.1, 0.15) is 30.2 Å². The molecule has 11 heteroatoms. The predicted molar refractivity (Wildman–Crippen MR) is 91.2 cm³/mol. The van der Waals surface area contributed by atoms with Crippen molar-refractivity contribution in [3.63, 3.8) is 0 Å². The molecular formula is C15H12ClF2N5O2S. The second-order valence-corrected chi connectivity index (χ2v) is 6.61. The fraction of sp³-hybridized carbons (Fsp3) is 0.267. The summed E-state index contributed by atoms with van der Waals surface area (Å²) in [4.78, 5) is 16.1. The van der Waals surface area contributed by atoms with Gasteiger partial charge in [-0.15, -0.1) is 10.2 Å². The Morgan fingerprint density at radius 3 is 2.73 bits per heavy atom. The van der Waals surface area contributed by atoms with Crippen LogP contribution in [0.15, 0.2) is 28.8 Å². The summed E-state index contributed by atoms with van der Waals surface area (Å²) in [5.41, 5.74) is 0.772. The largest absolute Gasteiger partial charge is 0.339 e. The number of aromatic nitrogens is 4. The van der Waals surface area contributed by atoms with Crippen LogP contribution in [0.5, 0.6) is 0 Å². The van der Waals surface area contributed by atoms with Crippen molar-refractivity contribution in [3.05, 3.63) is 40.2 Å². The smallest absolute Gasteiger partial charge is 0.291 e. The highest BCUT2D eigenvalue weighted by atomic mass is 35.5. The number of nitrogens with one attached hydrogen (secondary N) is 1. The maximum Gasteiger partial charge on any atom is 0.291 e. The van der Waals surface area contributed by atoms with Crippen LogP contribution in [-0.4, -0.2) is 26.2 Å². The molecule has 2 heterocycles. The molecule has 0 spiro atoms. The van der Waals surface area contributed by atoms with E-state index in [2.05, 4.69) is 25.7 Å². The predicted octanol–water partition coefficient (Wildman–Crippen LogP) is 4.14. The number of hydrogen-bond donors (Lipinski definition) is 1. The molecule has 1 aromatic carbocycles. The molecule has 0 aliphatic heterocycles. The summed E-state index contributed by atoms with van der Waals surface area (Å²) in [6.07, 6.45) is -1.69. The van der Waals surface area contributed by atoms with E-state index in [4.69, 9.17) is 16.1 Å². The van der Waals surface area contributed by atoms with Crippen LogP contribution in [0, 0.1) is 0 Å². The molecule has 0 saturated carbocycles. The lowest BCUT2D eigenvalue weighted by Gasteiger charge is -1.99. The van der Waals surface area contributed by atoms with E-state index >= 15 is 0 Å². The summed E-state index contributed by atoms with van der Waals surface area (Å²) < 4.78 is 30.0. The highest BCUT2D eigenvalue weighted by Gasteiger charge is 2.15. The number of aryl methyl sites for hydroxylation is 1. The number of rotatable bonds is 7.